The summed E-state index contributed by atoms with van der Waals surface area (Å²) in [5.41, 5.74) is 2.88. The van der Waals surface area contributed by atoms with Crippen LogP contribution >= 0.6 is 0 Å². The van der Waals surface area contributed by atoms with Crippen molar-refractivity contribution in [3.05, 3.63) is 52.7 Å². The predicted octanol–water partition coefficient (Wildman–Crippen LogP) is 5.23. The molecule has 0 saturated heterocycles. The number of aromatic nitrogens is 1. The smallest absolute Gasteiger partial charge is 0.410 e. The fourth-order valence-electron chi connectivity index (χ4n) is 3.82. The van der Waals surface area contributed by atoms with Gasteiger partial charge in [0, 0.05) is 19.3 Å². The normalized spacial score (nSPS) is 13.3. The van der Waals surface area contributed by atoms with Gasteiger partial charge < -0.3 is 19.7 Å². The summed E-state index contributed by atoms with van der Waals surface area (Å²) in [6, 6.07) is 8.92. The number of amides is 2. The number of ether oxygens (including phenoxy) is 2. The van der Waals surface area contributed by atoms with E-state index in [1.165, 1.54) is 20.0 Å². The molecule has 1 aromatic heterocycles. The van der Waals surface area contributed by atoms with Crippen molar-refractivity contribution in [1.82, 2.24) is 9.88 Å². The van der Waals surface area contributed by atoms with Crippen LogP contribution in [0.25, 0.3) is 0 Å². The molecule has 9 nitrogen and oxygen atoms in total. The number of pyridine rings is 1. The Balaban J connectivity index is 1.70. The molecule has 2 amide bonds. The van der Waals surface area contributed by atoms with Gasteiger partial charge >= 0.3 is 6.09 Å². The van der Waals surface area contributed by atoms with Crippen molar-refractivity contribution in [2.24, 2.45) is 10.2 Å². The first-order chi connectivity index (χ1) is 17.4. The van der Waals surface area contributed by atoms with E-state index in [-0.39, 0.29) is 18.1 Å². The number of unbranched alkanes of at least 4 members (excludes halogenated alkanes) is 3. The van der Waals surface area contributed by atoms with E-state index in [4.69, 9.17) is 9.47 Å². The first kappa shape index (κ1) is 26.8. The molecule has 1 N–H and O–H groups in total. The van der Waals surface area contributed by atoms with E-state index >= 15 is 0 Å². The molecule has 0 bridgehead atoms. The van der Waals surface area contributed by atoms with Crippen molar-refractivity contribution in [2.75, 3.05) is 19.0 Å². The lowest BCUT2D eigenvalue weighted by Crippen LogP contribution is -2.37. The summed E-state index contributed by atoms with van der Waals surface area (Å²) >= 11 is 0. The van der Waals surface area contributed by atoms with Crippen molar-refractivity contribution >= 4 is 30.2 Å². The lowest BCUT2D eigenvalue weighted by molar-refractivity contribution is 0.0730. The van der Waals surface area contributed by atoms with Crippen LogP contribution < -0.4 is 10.1 Å². The molecule has 36 heavy (non-hydrogen) atoms. The number of fused-ring (bicyclic) bond motifs is 1. The van der Waals surface area contributed by atoms with Crippen LogP contribution in [0.1, 0.15) is 73.6 Å². The molecule has 1 aliphatic heterocycles. The van der Waals surface area contributed by atoms with Crippen LogP contribution in [0, 0.1) is 0 Å². The molecule has 0 atom stereocenters. The van der Waals surface area contributed by atoms with Gasteiger partial charge in [0.15, 0.2) is 0 Å². The van der Waals surface area contributed by atoms with Gasteiger partial charge in [-0.15, -0.1) is 0 Å². The first-order valence-corrected chi connectivity index (χ1v) is 12.4. The number of benzene rings is 1. The van der Waals surface area contributed by atoms with Gasteiger partial charge in [-0.25, -0.2) is 9.78 Å². The molecular weight excluding hydrogens is 458 g/mol. The number of hydrogen-bond donors (Lipinski definition) is 1. The Morgan fingerprint density at radius 3 is 2.78 bits per heavy atom. The van der Waals surface area contributed by atoms with Gasteiger partial charge in [-0.1, -0.05) is 25.8 Å². The van der Waals surface area contributed by atoms with E-state index in [1.807, 2.05) is 19.9 Å². The van der Waals surface area contributed by atoms with Gasteiger partial charge in [-0.3, -0.25) is 4.79 Å². The van der Waals surface area contributed by atoms with Crippen LogP contribution in [-0.4, -0.2) is 54.1 Å². The zero-order valence-electron chi connectivity index (χ0n) is 21.5. The molecule has 0 aliphatic carbocycles. The SMILES string of the molecule is CCCCC/C=N/N=C/c1cccc(NC(=O)c2cc3c(cc2OC)CCN(C(=O)OC(C)C)C3)n1. The maximum atomic E-state index is 13.1. The topological polar surface area (TPSA) is 105 Å². The molecule has 1 aromatic carbocycles. The van der Waals surface area contributed by atoms with Crippen LogP contribution in [0.2, 0.25) is 0 Å². The summed E-state index contributed by atoms with van der Waals surface area (Å²) in [7, 11) is 1.53. The molecule has 2 aromatic rings. The van der Waals surface area contributed by atoms with Gasteiger partial charge in [0.2, 0.25) is 0 Å². The van der Waals surface area contributed by atoms with E-state index in [9.17, 15) is 9.59 Å². The summed E-state index contributed by atoms with van der Waals surface area (Å²) in [4.78, 5) is 31.6. The minimum absolute atomic E-state index is 0.193. The van der Waals surface area contributed by atoms with Crippen molar-refractivity contribution in [3.8, 4) is 5.75 Å². The second-order valence-corrected chi connectivity index (χ2v) is 8.87. The second kappa shape index (κ2) is 13.4. The lowest BCUT2D eigenvalue weighted by Gasteiger charge is -2.29. The maximum absolute atomic E-state index is 13.1. The van der Waals surface area contributed by atoms with Crippen molar-refractivity contribution in [3.63, 3.8) is 0 Å². The number of nitrogens with one attached hydrogen (secondary N) is 1. The molecule has 3 rings (SSSR count). The van der Waals surface area contributed by atoms with Crippen LogP contribution in [-0.2, 0) is 17.7 Å². The average Bonchev–Trinajstić information content (AvgIpc) is 2.86. The van der Waals surface area contributed by atoms with Gasteiger partial charge in [-0.05, 0) is 68.5 Å². The Morgan fingerprint density at radius 2 is 2.03 bits per heavy atom. The minimum atomic E-state index is -0.356. The second-order valence-electron chi connectivity index (χ2n) is 8.87. The molecule has 0 saturated carbocycles. The van der Waals surface area contributed by atoms with E-state index in [0.717, 1.165) is 24.0 Å². The van der Waals surface area contributed by atoms with E-state index in [2.05, 4.69) is 27.4 Å². The molecular formula is C27H35N5O4. The summed E-state index contributed by atoms with van der Waals surface area (Å²) in [6.07, 6.45) is 7.80. The van der Waals surface area contributed by atoms with Crippen LogP contribution in [0.15, 0.2) is 40.5 Å². The number of rotatable bonds is 10. The molecule has 0 radical (unpaired) electrons. The molecule has 0 unspecified atom stereocenters. The van der Waals surface area contributed by atoms with Crippen LogP contribution in [0.3, 0.4) is 0 Å². The van der Waals surface area contributed by atoms with Gasteiger partial charge in [-0.2, -0.15) is 10.2 Å². The summed E-state index contributed by atoms with van der Waals surface area (Å²) in [5.74, 6) is 0.504. The number of nitrogens with zero attached hydrogens (tertiary/aromatic N) is 4. The Morgan fingerprint density at radius 1 is 1.19 bits per heavy atom. The molecule has 2 heterocycles. The van der Waals surface area contributed by atoms with Crippen molar-refractivity contribution in [2.45, 2.75) is 65.5 Å². The van der Waals surface area contributed by atoms with Gasteiger partial charge in [0.1, 0.15) is 11.6 Å². The number of carbonyl (C=O) groups excluding carboxylic acids is 2. The highest BCUT2D eigenvalue weighted by Crippen LogP contribution is 2.29. The van der Waals surface area contributed by atoms with Crippen LogP contribution in [0.5, 0.6) is 5.75 Å². The third-order valence-corrected chi connectivity index (χ3v) is 5.66. The van der Waals surface area contributed by atoms with Crippen molar-refractivity contribution < 1.29 is 19.1 Å². The minimum Gasteiger partial charge on any atom is -0.496 e. The fourth-order valence-corrected chi connectivity index (χ4v) is 3.82. The highest BCUT2D eigenvalue weighted by atomic mass is 16.6. The highest BCUT2D eigenvalue weighted by molar-refractivity contribution is 6.06. The standard InChI is InChI=1S/C27H35N5O4/c1-5-6-7-8-13-28-29-17-22-10-9-11-25(30-22)31-26(33)23-15-21-18-32(27(34)36-19(2)3)14-12-20(21)16-24(23)35-4/h9-11,13,15-17,19H,5-8,12,14,18H2,1-4H3,(H,30,31,33)/b28-13+,29-17+. The summed E-state index contributed by atoms with van der Waals surface area (Å²) in [5, 5.41) is 10.9. The fraction of sp³-hybridized carbons (Fsp3) is 0.444. The number of methoxy groups -OCH3 is 1. The number of anilines is 1. The Labute approximate surface area is 212 Å². The van der Waals surface area contributed by atoms with Gasteiger partial charge in [0.25, 0.3) is 5.91 Å². The first-order valence-electron chi connectivity index (χ1n) is 12.4. The Bertz CT molecular complexity index is 1110. The maximum Gasteiger partial charge on any atom is 0.410 e. The highest BCUT2D eigenvalue weighted by Gasteiger charge is 2.25. The summed E-state index contributed by atoms with van der Waals surface area (Å²) in [6.45, 7) is 6.72. The average molecular weight is 494 g/mol. The summed E-state index contributed by atoms with van der Waals surface area (Å²) < 4.78 is 10.8. The van der Waals surface area contributed by atoms with Crippen molar-refractivity contribution in [1.29, 1.82) is 0 Å². The number of carbonyl (C=O) groups is 2. The quantitative estimate of drug-likeness (QED) is 0.277. The molecule has 192 valence electrons. The van der Waals surface area contributed by atoms with E-state index < -0.39 is 0 Å². The largest absolute Gasteiger partial charge is 0.496 e. The monoisotopic (exact) mass is 493 g/mol. The third kappa shape index (κ3) is 7.63. The molecule has 0 spiro atoms. The zero-order chi connectivity index (χ0) is 25.9. The molecule has 9 heteroatoms. The molecule has 0 fully saturated rings. The van der Waals surface area contributed by atoms with E-state index in [1.54, 1.807) is 41.6 Å². The predicted molar refractivity (Wildman–Crippen MR) is 141 cm³/mol. The van der Waals surface area contributed by atoms with Crippen LogP contribution in [0.4, 0.5) is 10.6 Å². The third-order valence-electron chi connectivity index (χ3n) is 5.66. The Kier molecular flexibility index (Phi) is 9.97. The zero-order valence-corrected chi connectivity index (χ0v) is 21.5. The number of hydrogen-bond acceptors (Lipinski definition) is 7. The Hall–Kier alpha value is -3.75. The lowest BCUT2D eigenvalue weighted by atomic mass is 9.96. The molecule has 1 aliphatic rings. The van der Waals surface area contributed by atoms with E-state index in [0.29, 0.717) is 42.3 Å². The van der Waals surface area contributed by atoms with Gasteiger partial charge in [0.05, 0.1) is 30.7 Å².